The fourth-order valence-electron chi connectivity index (χ4n) is 1.29. The quantitative estimate of drug-likeness (QED) is 0.404. The van der Waals surface area contributed by atoms with Crippen molar-refractivity contribution in [2.45, 2.75) is 19.4 Å². The van der Waals surface area contributed by atoms with E-state index < -0.39 is 0 Å². The third-order valence-corrected chi connectivity index (χ3v) is 2.10. The molecular formula is C9H18N6O. The highest BCUT2D eigenvalue weighted by Crippen LogP contribution is 2.13. The summed E-state index contributed by atoms with van der Waals surface area (Å²) in [7, 11) is 1.66. The highest BCUT2D eigenvalue weighted by Gasteiger charge is 2.08. The van der Waals surface area contributed by atoms with Gasteiger partial charge in [0.15, 0.2) is 0 Å². The van der Waals surface area contributed by atoms with E-state index in [1.165, 1.54) is 0 Å². The summed E-state index contributed by atoms with van der Waals surface area (Å²) < 4.78 is 5.08. The molecule has 0 aliphatic heterocycles. The normalized spacial score (nSPS) is 12.2. The van der Waals surface area contributed by atoms with Crippen LogP contribution in [0.5, 0.6) is 0 Å². The number of ether oxygens (including phenoxy) is 1. The zero-order valence-corrected chi connectivity index (χ0v) is 9.53. The van der Waals surface area contributed by atoms with Crippen molar-refractivity contribution in [2.24, 2.45) is 5.84 Å². The molecule has 0 saturated heterocycles. The van der Waals surface area contributed by atoms with E-state index in [2.05, 4.69) is 27.6 Å². The zero-order valence-electron chi connectivity index (χ0n) is 9.53. The molecule has 0 aromatic carbocycles. The van der Waals surface area contributed by atoms with E-state index in [1.54, 1.807) is 13.2 Å². The average molecular weight is 226 g/mol. The molecule has 0 radical (unpaired) electrons. The van der Waals surface area contributed by atoms with Crippen molar-refractivity contribution in [3.8, 4) is 0 Å². The lowest BCUT2D eigenvalue weighted by Crippen LogP contribution is -2.25. The first-order valence-corrected chi connectivity index (χ1v) is 5.06. The van der Waals surface area contributed by atoms with E-state index in [1.807, 2.05) is 0 Å². The molecule has 7 nitrogen and oxygen atoms in total. The second-order valence-electron chi connectivity index (χ2n) is 3.35. The molecule has 16 heavy (non-hydrogen) atoms. The van der Waals surface area contributed by atoms with Crippen LogP contribution >= 0.6 is 0 Å². The van der Waals surface area contributed by atoms with Crippen LogP contribution in [0.1, 0.15) is 13.3 Å². The largest absolute Gasteiger partial charge is 0.383 e. The summed E-state index contributed by atoms with van der Waals surface area (Å²) in [6.07, 6.45) is 0.920. The fraction of sp³-hybridized carbons (Fsp3) is 0.556. The summed E-state index contributed by atoms with van der Waals surface area (Å²) >= 11 is 0. The lowest BCUT2D eigenvalue weighted by molar-refractivity contribution is 0.184. The molecule has 1 rings (SSSR count). The first-order chi connectivity index (χ1) is 7.69. The zero-order chi connectivity index (χ0) is 12.0. The lowest BCUT2D eigenvalue weighted by atomic mass is 10.2. The highest BCUT2D eigenvalue weighted by molar-refractivity contribution is 5.50. The molecule has 0 fully saturated rings. The van der Waals surface area contributed by atoms with Gasteiger partial charge in [-0.3, -0.25) is 0 Å². The Balaban J connectivity index is 2.74. The molecule has 1 aromatic heterocycles. The monoisotopic (exact) mass is 226 g/mol. The molecule has 1 aromatic rings. The molecule has 1 unspecified atom stereocenters. The van der Waals surface area contributed by atoms with Gasteiger partial charge in [0.2, 0.25) is 5.95 Å². The maximum absolute atomic E-state index is 5.54. The van der Waals surface area contributed by atoms with Crippen molar-refractivity contribution in [1.82, 2.24) is 9.97 Å². The van der Waals surface area contributed by atoms with Crippen molar-refractivity contribution in [3.05, 3.63) is 6.07 Å². The number of anilines is 3. The Labute approximate surface area is 94.6 Å². The van der Waals surface area contributed by atoms with E-state index in [4.69, 9.17) is 16.3 Å². The third kappa shape index (κ3) is 3.52. The molecule has 0 amide bonds. The minimum Gasteiger partial charge on any atom is -0.383 e. The maximum atomic E-state index is 5.54. The Kier molecular flexibility index (Phi) is 4.74. The number of nitrogens with one attached hydrogen (secondary N) is 2. The van der Waals surface area contributed by atoms with Crippen LogP contribution in [-0.4, -0.2) is 29.7 Å². The summed E-state index contributed by atoms with van der Waals surface area (Å²) in [4.78, 5) is 7.95. The van der Waals surface area contributed by atoms with Crippen molar-refractivity contribution < 1.29 is 4.74 Å². The van der Waals surface area contributed by atoms with Crippen LogP contribution < -0.4 is 22.3 Å². The van der Waals surface area contributed by atoms with Crippen LogP contribution in [0.15, 0.2) is 6.07 Å². The highest BCUT2D eigenvalue weighted by atomic mass is 16.5. The van der Waals surface area contributed by atoms with Gasteiger partial charge in [-0.1, -0.05) is 6.92 Å². The Bertz CT molecular complexity index is 332. The Morgan fingerprint density at radius 3 is 2.69 bits per heavy atom. The summed E-state index contributed by atoms with van der Waals surface area (Å²) in [6.45, 7) is 2.66. The van der Waals surface area contributed by atoms with Gasteiger partial charge in [0.05, 0.1) is 12.6 Å². The summed E-state index contributed by atoms with van der Waals surface area (Å²) in [5.41, 5.74) is 7.97. The predicted molar refractivity (Wildman–Crippen MR) is 63.8 cm³/mol. The number of hydrazine groups is 1. The molecule has 0 aliphatic rings. The lowest BCUT2D eigenvalue weighted by Gasteiger charge is -2.16. The van der Waals surface area contributed by atoms with Crippen LogP contribution in [-0.2, 0) is 4.74 Å². The molecule has 1 atom stereocenters. The molecule has 90 valence electrons. The molecule has 1 heterocycles. The number of nitrogens with two attached hydrogens (primary N) is 2. The van der Waals surface area contributed by atoms with E-state index >= 15 is 0 Å². The number of hydrogen-bond acceptors (Lipinski definition) is 7. The predicted octanol–water partition coefficient (Wildman–Crippen LogP) is 0.181. The van der Waals surface area contributed by atoms with Gasteiger partial charge in [0, 0.05) is 13.2 Å². The summed E-state index contributed by atoms with van der Waals surface area (Å²) in [6, 6.07) is 1.87. The summed E-state index contributed by atoms with van der Waals surface area (Å²) in [5.74, 6) is 6.54. The van der Waals surface area contributed by atoms with Gasteiger partial charge in [0.25, 0.3) is 0 Å². The number of hydrogen-bond donors (Lipinski definition) is 4. The number of aromatic nitrogens is 2. The average Bonchev–Trinajstić information content (AvgIpc) is 2.27. The van der Waals surface area contributed by atoms with Crippen LogP contribution in [0.3, 0.4) is 0 Å². The van der Waals surface area contributed by atoms with E-state index in [0.29, 0.717) is 18.2 Å². The fourth-order valence-corrected chi connectivity index (χ4v) is 1.29. The maximum Gasteiger partial charge on any atom is 0.223 e. The minimum atomic E-state index is 0.171. The van der Waals surface area contributed by atoms with E-state index in [9.17, 15) is 0 Å². The second-order valence-corrected chi connectivity index (χ2v) is 3.35. The Morgan fingerprint density at radius 1 is 1.44 bits per heavy atom. The van der Waals surface area contributed by atoms with Gasteiger partial charge in [0.1, 0.15) is 11.6 Å². The minimum absolute atomic E-state index is 0.171. The molecule has 6 N–H and O–H groups in total. The topological polar surface area (TPSA) is 111 Å². The van der Waals surface area contributed by atoms with Crippen molar-refractivity contribution in [2.75, 3.05) is 30.2 Å². The van der Waals surface area contributed by atoms with Crippen molar-refractivity contribution >= 4 is 17.6 Å². The summed E-state index contributed by atoms with van der Waals surface area (Å²) in [5, 5.41) is 3.19. The van der Waals surface area contributed by atoms with Gasteiger partial charge in [-0.15, -0.1) is 0 Å². The number of nitrogens with zero attached hydrogens (tertiary/aromatic N) is 2. The first kappa shape index (κ1) is 12.5. The second kappa shape index (κ2) is 6.09. The molecule has 0 bridgehead atoms. The van der Waals surface area contributed by atoms with Gasteiger partial charge in [-0.25, -0.2) is 5.84 Å². The third-order valence-electron chi connectivity index (χ3n) is 2.10. The number of methoxy groups -OCH3 is 1. The van der Waals surface area contributed by atoms with Gasteiger partial charge < -0.3 is 21.2 Å². The van der Waals surface area contributed by atoms with Crippen molar-refractivity contribution in [1.29, 1.82) is 0 Å². The molecule has 7 heteroatoms. The van der Waals surface area contributed by atoms with Crippen LogP contribution in [0, 0.1) is 0 Å². The van der Waals surface area contributed by atoms with Gasteiger partial charge >= 0.3 is 0 Å². The van der Waals surface area contributed by atoms with Gasteiger partial charge in [-0.2, -0.15) is 9.97 Å². The molecular weight excluding hydrogens is 208 g/mol. The SMILES string of the molecule is CCC(COC)Nc1cc(NN)nc(N)n1. The first-order valence-electron chi connectivity index (χ1n) is 5.06. The van der Waals surface area contributed by atoms with Gasteiger partial charge in [-0.05, 0) is 6.42 Å². The van der Waals surface area contributed by atoms with Crippen molar-refractivity contribution in [3.63, 3.8) is 0 Å². The number of rotatable bonds is 6. The Hall–Kier alpha value is -1.60. The molecule has 0 spiro atoms. The smallest absolute Gasteiger partial charge is 0.223 e. The Morgan fingerprint density at radius 2 is 2.12 bits per heavy atom. The standard InChI is InChI=1S/C9H18N6O/c1-3-6(5-16-2)12-7-4-8(15-11)14-9(10)13-7/h4,6H,3,5,11H2,1-2H3,(H4,10,12,13,14,15). The van der Waals surface area contributed by atoms with E-state index in [0.717, 1.165) is 6.42 Å². The van der Waals surface area contributed by atoms with Crippen LogP contribution in [0.25, 0.3) is 0 Å². The van der Waals surface area contributed by atoms with E-state index in [-0.39, 0.29) is 12.0 Å². The number of nitrogen functional groups attached to an aromatic ring is 2. The van der Waals surface area contributed by atoms with Crippen LogP contribution in [0.2, 0.25) is 0 Å². The molecule has 0 aliphatic carbocycles. The van der Waals surface area contributed by atoms with Crippen LogP contribution in [0.4, 0.5) is 17.6 Å². The molecule has 0 saturated carbocycles.